The van der Waals surface area contributed by atoms with Crippen molar-refractivity contribution in [3.05, 3.63) is 79.8 Å². The van der Waals surface area contributed by atoms with Crippen LogP contribution in [0.2, 0.25) is 10.0 Å². The lowest BCUT2D eigenvalue weighted by Crippen LogP contribution is -2.04. The second-order valence-corrected chi connectivity index (χ2v) is 7.17. The average molecular weight is 440 g/mol. The van der Waals surface area contributed by atoms with Gasteiger partial charge in [-0.25, -0.2) is 9.78 Å². The minimum absolute atomic E-state index is 0.0450. The summed E-state index contributed by atoms with van der Waals surface area (Å²) in [4.78, 5) is 15.8. The lowest BCUT2D eigenvalue weighted by Gasteiger charge is -2.13. The van der Waals surface area contributed by atoms with Crippen molar-refractivity contribution in [2.24, 2.45) is 0 Å². The first-order valence-electron chi connectivity index (χ1n) is 7.38. The third-order valence-electron chi connectivity index (χ3n) is 3.76. The highest BCUT2D eigenvalue weighted by molar-refractivity contribution is 9.10. The van der Waals surface area contributed by atoms with Gasteiger partial charge in [0.2, 0.25) is 0 Å². The molecule has 0 unspecified atom stereocenters. The van der Waals surface area contributed by atoms with Crippen LogP contribution in [-0.4, -0.2) is 20.6 Å². The molecule has 0 aliphatic rings. The van der Waals surface area contributed by atoms with E-state index in [2.05, 4.69) is 20.9 Å². The van der Waals surface area contributed by atoms with Crippen LogP contribution in [0.3, 0.4) is 0 Å². The molecule has 7 heteroatoms. The summed E-state index contributed by atoms with van der Waals surface area (Å²) in [6.45, 7) is 1.93. The number of benzene rings is 2. The van der Waals surface area contributed by atoms with Gasteiger partial charge in [-0.2, -0.15) is 0 Å². The van der Waals surface area contributed by atoms with E-state index in [1.54, 1.807) is 22.8 Å². The number of halogens is 3. The Morgan fingerprint density at radius 1 is 1.20 bits per heavy atom. The highest BCUT2D eigenvalue weighted by Crippen LogP contribution is 2.29. The Hall–Kier alpha value is -1.82. The Labute approximate surface area is 163 Å². The lowest BCUT2D eigenvalue weighted by molar-refractivity contribution is 0.0690. The fourth-order valence-corrected chi connectivity index (χ4v) is 3.63. The standard InChI is InChI=1S/C18H13BrCl2N2O2/c1-10-5-6-13(21)9-14(10)23-15(22-16(17(23)19)18(24)25)8-11-3-2-4-12(20)7-11/h2-7,9H,8H2,1H3,(H,24,25). The van der Waals surface area contributed by atoms with Crippen LogP contribution in [0.5, 0.6) is 0 Å². The van der Waals surface area contributed by atoms with E-state index in [0.717, 1.165) is 16.8 Å². The molecule has 1 aromatic heterocycles. The number of imidazole rings is 1. The van der Waals surface area contributed by atoms with Gasteiger partial charge in [-0.1, -0.05) is 41.4 Å². The molecule has 0 saturated heterocycles. The van der Waals surface area contributed by atoms with Crippen LogP contribution < -0.4 is 0 Å². The van der Waals surface area contributed by atoms with E-state index in [9.17, 15) is 9.90 Å². The summed E-state index contributed by atoms with van der Waals surface area (Å²) in [5.41, 5.74) is 2.61. The highest BCUT2D eigenvalue weighted by atomic mass is 79.9. The zero-order valence-electron chi connectivity index (χ0n) is 13.1. The minimum atomic E-state index is -1.10. The van der Waals surface area contributed by atoms with E-state index in [-0.39, 0.29) is 5.69 Å². The van der Waals surface area contributed by atoms with Crippen LogP contribution in [0.4, 0.5) is 0 Å². The van der Waals surface area contributed by atoms with Gasteiger partial charge in [-0.15, -0.1) is 0 Å². The first kappa shape index (κ1) is 18.0. The van der Waals surface area contributed by atoms with Gasteiger partial charge >= 0.3 is 5.97 Å². The van der Waals surface area contributed by atoms with Gasteiger partial charge in [-0.3, -0.25) is 4.57 Å². The van der Waals surface area contributed by atoms with Crippen LogP contribution in [0, 0.1) is 6.92 Å². The van der Waals surface area contributed by atoms with Crippen LogP contribution in [0.25, 0.3) is 5.69 Å². The molecule has 0 bridgehead atoms. The van der Waals surface area contributed by atoms with Crippen molar-refractivity contribution in [3.63, 3.8) is 0 Å². The molecule has 128 valence electrons. The monoisotopic (exact) mass is 438 g/mol. The molecule has 0 spiro atoms. The average Bonchev–Trinajstić information content (AvgIpc) is 2.86. The predicted octanol–water partition coefficient (Wildman–Crippen LogP) is 5.54. The summed E-state index contributed by atoms with van der Waals surface area (Å²) in [6, 6.07) is 12.9. The van der Waals surface area contributed by atoms with E-state index >= 15 is 0 Å². The second-order valence-electron chi connectivity index (χ2n) is 5.55. The molecule has 0 fully saturated rings. The third kappa shape index (κ3) is 3.73. The van der Waals surface area contributed by atoms with Gasteiger partial charge in [0.1, 0.15) is 10.4 Å². The number of aromatic carboxylic acids is 1. The lowest BCUT2D eigenvalue weighted by atomic mass is 10.1. The summed E-state index contributed by atoms with van der Waals surface area (Å²) in [5, 5.41) is 10.6. The molecule has 1 heterocycles. The molecule has 25 heavy (non-hydrogen) atoms. The van der Waals surface area contributed by atoms with E-state index in [1.807, 2.05) is 31.2 Å². The molecule has 0 saturated carbocycles. The summed E-state index contributed by atoms with van der Waals surface area (Å²) < 4.78 is 2.15. The van der Waals surface area contributed by atoms with Gasteiger partial charge in [0.05, 0.1) is 5.69 Å². The topological polar surface area (TPSA) is 55.1 Å². The van der Waals surface area contributed by atoms with Crippen LogP contribution in [-0.2, 0) is 6.42 Å². The molecule has 2 aromatic carbocycles. The Kier molecular flexibility index (Phi) is 5.18. The second kappa shape index (κ2) is 7.20. The van der Waals surface area contributed by atoms with E-state index in [1.165, 1.54) is 0 Å². The molecule has 3 rings (SSSR count). The smallest absolute Gasteiger partial charge is 0.357 e. The Morgan fingerprint density at radius 2 is 1.92 bits per heavy atom. The fraction of sp³-hybridized carbons (Fsp3) is 0.111. The number of carboxylic acids is 1. The minimum Gasteiger partial charge on any atom is -0.476 e. The van der Waals surface area contributed by atoms with Crippen molar-refractivity contribution in [3.8, 4) is 5.69 Å². The van der Waals surface area contributed by atoms with Crippen molar-refractivity contribution >= 4 is 45.1 Å². The molecule has 0 amide bonds. The number of hydrogen-bond donors (Lipinski definition) is 1. The molecule has 0 aliphatic carbocycles. The van der Waals surface area contributed by atoms with E-state index in [4.69, 9.17) is 23.2 Å². The number of rotatable bonds is 4. The van der Waals surface area contributed by atoms with Gasteiger partial charge in [0, 0.05) is 16.5 Å². The summed E-state index contributed by atoms with van der Waals surface area (Å²) >= 11 is 15.6. The van der Waals surface area contributed by atoms with E-state index in [0.29, 0.717) is 26.9 Å². The number of hydrogen-bond acceptors (Lipinski definition) is 2. The summed E-state index contributed by atoms with van der Waals surface area (Å²) in [5.74, 6) is -0.519. The van der Waals surface area contributed by atoms with Crippen molar-refractivity contribution in [1.82, 2.24) is 9.55 Å². The summed E-state index contributed by atoms with van der Waals surface area (Å²) in [6.07, 6.45) is 0.429. The van der Waals surface area contributed by atoms with Gasteiger partial charge in [0.15, 0.2) is 5.69 Å². The third-order valence-corrected chi connectivity index (χ3v) is 4.96. The van der Waals surface area contributed by atoms with Crippen LogP contribution in [0.1, 0.15) is 27.4 Å². The molecule has 3 aromatic rings. The molecular formula is C18H13BrCl2N2O2. The molecule has 0 radical (unpaired) electrons. The zero-order valence-corrected chi connectivity index (χ0v) is 16.2. The van der Waals surface area contributed by atoms with Gasteiger partial charge < -0.3 is 5.11 Å². The van der Waals surface area contributed by atoms with Crippen molar-refractivity contribution < 1.29 is 9.90 Å². The number of aryl methyl sites for hydroxylation is 1. The largest absolute Gasteiger partial charge is 0.476 e. The number of nitrogens with zero attached hydrogens (tertiary/aromatic N) is 2. The predicted molar refractivity (Wildman–Crippen MR) is 102 cm³/mol. The summed E-state index contributed by atoms with van der Waals surface area (Å²) in [7, 11) is 0. The normalized spacial score (nSPS) is 10.9. The van der Waals surface area contributed by atoms with Gasteiger partial charge in [0.25, 0.3) is 0 Å². The fourth-order valence-electron chi connectivity index (χ4n) is 2.60. The molecule has 0 atom stereocenters. The first-order chi connectivity index (χ1) is 11.9. The zero-order chi connectivity index (χ0) is 18.1. The number of carboxylic acid groups (broad SMARTS) is 1. The Bertz CT molecular complexity index is 970. The quantitative estimate of drug-likeness (QED) is 0.580. The molecule has 4 nitrogen and oxygen atoms in total. The van der Waals surface area contributed by atoms with Crippen LogP contribution >= 0.6 is 39.1 Å². The SMILES string of the molecule is Cc1ccc(Cl)cc1-n1c(Cc2cccc(Cl)c2)nc(C(=O)O)c1Br. The number of carbonyl (C=O) groups is 1. The highest BCUT2D eigenvalue weighted by Gasteiger charge is 2.22. The Balaban J connectivity index is 2.19. The molecule has 0 aliphatic heterocycles. The first-order valence-corrected chi connectivity index (χ1v) is 8.93. The maximum Gasteiger partial charge on any atom is 0.357 e. The van der Waals surface area contributed by atoms with Crippen molar-refractivity contribution in [1.29, 1.82) is 0 Å². The van der Waals surface area contributed by atoms with E-state index < -0.39 is 5.97 Å². The maximum atomic E-state index is 11.5. The van der Waals surface area contributed by atoms with Crippen LogP contribution in [0.15, 0.2) is 47.1 Å². The maximum absolute atomic E-state index is 11.5. The van der Waals surface area contributed by atoms with Crippen molar-refractivity contribution in [2.45, 2.75) is 13.3 Å². The molecular weight excluding hydrogens is 427 g/mol. The number of aromatic nitrogens is 2. The van der Waals surface area contributed by atoms with Crippen molar-refractivity contribution in [2.75, 3.05) is 0 Å². The Morgan fingerprint density at radius 3 is 2.60 bits per heavy atom. The van der Waals surface area contributed by atoms with Gasteiger partial charge in [-0.05, 0) is 58.2 Å². The molecule has 1 N–H and O–H groups in total.